The largest absolute Gasteiger partial charge is 0.416 e. The molecule has 2 N–H and O–H groups in total. The predicted molar refractivity (Wildman–Crippen MR) is 103 cm³/mol. The fraction of sp³-hybridized carbons (Fsp3) is 0.211. The summed E-state index contributed by atoms with van der Waals surface area (Å²) in [6, 6.07) is 6.88. The number of H-pyrrole nitrogens is 1. The highest BCUT2D eigenvalue weighted by molar-refractivity contribution is 7.89. The number of nitrogens with zero attached hydrogens (tertiary/aromatic N) is 3. The SMILES string of the molecule is N#Cc1cnc2[nH]ccc2c1N=C1CC(NS(=O)(=O)c2cccc(C(F)(F)F)c2)C1. The maximum absolute atomic E-state index is 12.8. The molecule has 0 spiro atoms. The van der Waals surface area contributed by atoms with Crippen molar-refractivity contribution in [1.29, 1.82) is 5.26 Å². The first-order valence-electron chi connectivity index (χ1n) is 8.79. The highest BCUT2D eigenvalue weighted by Gasteiger charge is 2.33. The van der Waals surface area contributed by atoms with Crippen molar-refractivity contribution in [1.82, 2.24) is 14.7 Å². The molecule has 11 heteroatoms. The summed E-state index contributed by atoms with van der Waals surface area (Å²) < 4.78 is 65.8. The van der Waals surface area contributed by atoms with Gasteiger partial charge in [-0.15, -0.1) is 0 Å². The normalized spacial score (nSPS) is 16.9. The van der Waals surface area contributed by atoms with Crippen LogP contribution in [0.15, 0.2) is 52.6 Å². The number of pyridine rings is 1. The van der Waals surface area contributed by atoms with Crippen LogP contribution in [0.3, 0.4) is 0 Å². The minimum atomic E-state index is -4.63. The van der Waals surface area contributed by atoms with E-state index in [9.17, 15) is 26.9 Å². The van der Waals surface area contributed by atoms with Crippen LogP contribution in [0.1, 0.15) is 24.0 Å². The van der Waals surface area contributed by atoms with Gasteiger partial charge in [0.2, 0.25) is 10.0 Å². The molecule has 0 unspecified atom stereocenters. The lowest BCUT2D eigenvalue weighted by atomic mass is 9.91. The number of aliphatic imine (C=N–C) groups is 1. The Morgan fingerprint density at radius 3 is 2.73 bits per heavy atom. The summed E-state index contributed by atoms with van der Waals surface area (Å²) in [5, 5.41) is 9.96. The number of alkyl halides is 3. The van der Waals surface area contributed by atoms with Crippen LogP contribution in [0.2, 0.25) is 0 Å². The van der Waals surface area contributed by atoms with E-state index in [1.54, 1.807) is 12.3 Å². The second kappa shape index (κ2) is 7.23. The molecule has 1 aromatic carbocycles. The van der Waals surface area contributed by atoms with E-state index < -0.39 is 32.7 Å². The maximum Gasteiger partial charge on any atom is 0.416 e. The zero-order valence-electron chi connectivity index (χ0n) is 15.2. The Labute approximate surface area is 169 Å². The number of hydrogen-bond acceptors (Lipinski definition) is 5. The fourth-order valence-electron chi connectivity index (χ4n) is 3.16. The van der Waals surface area contributed by atoms with E-state index >= 15 is 0 Å². The molecule has 1 saturated carbocycles. The number of aromatic nitrogens is 2. The molecule has 0 amide bonds. The number of nitrogens with one attached hydrogen (secondary N) is 2. The van der Waals surface area contributed by atoms with Crippen molar-refractivity contribution in [2.75, 3.05) is 0 Å². The molecule has 0 bridgehead atoms. The van der Waals surface area contributed by atoms with Gasteiger partial charge < -0.3 is 4.98 Å². The third kappa shape index (κ3) is 3.79. The van der Waals surface area contributed by atoms with Gasteiger partial charge in [-0.05, 0) is 24.3 Å². The van der Waals surface area contributed by atoms with Gasteiger partial charge in [-0.2, -0.15) is 18.4 Å². The predicted octanol–water partition coefficient (Wildman–Crippen LogP) is 3.67. The first-order chi connectivity index (χ1) is 14.2. The minimum Gasteiger partial charge on any atom is -0.346 e. The number of aromatic amines is 1. The van der Waals surface area contributed by atoms with Crippen LogP contribution in [0, 0.1) is 11.3 Å². The van der Waals surface area contributed by atoms with Crippen LogP contribution in [-0.2, 0) is 16.2 Å². The highest BCUT2D eigenvalue weighted by Crippen LogP contribution is 2.32. The molecule has 0 aliphatic heterocycles. The molecular formula is C19H14F3N5O2S. The Morgan fingerprint density at radius 1 is 1.27 bits per heavy atom. The second-order valence-electron chi connectivity index (χ2n) is 6.80. The van der Waals surface area contributed by atoms with Crippen LogP contribution in [0.25, 0.3) is 11.0 Å². The van der Waals surface area contributed by atoms with E-state index in [4.69, 9.17) is 0 Å². The van der Waals surface area contributed by atoms with Crippen molar-refractivity contribution in [2.45, 2.75) is 30.0 Å². The van der Waals surface area contributed by atoms with E-state index in [1.165, 1.54) is 6.20 Å². The van der Waals surface area contributed by atoms with Gasteiger partial charge in [0, 0.05) is 42.4 Å². The van der Waals surface area contributed by atoms with Crippen LogP contribution in [-0.4, -0.2) is 30.1 Å². The van der Waals surface area contributed by atoms with E-state index in [1.807, 2.05) is 6.07 Å². The van der Waals surface area contributed by atoms with Gasteiger partial charge in [0.15, 0.2) is 0 Å². The maximum atomic E-state index is 12.8. The van der Waals surface area contributed by atoms with Crippen LogP contribution < -0.4 is 4.72 Å². The van der Waals surface area contributed by atoms with Gasteiger partial charge in [-0.25, -0.2) is 18.1 Å². The average molecular weight is 433 g/mol. The van der Waals surface area contributed by atoms with Crippen LogP contribution in [0.5, 0.6) is 0 Å². The van der Waals surface area contributed by atoms with Crippen LogP contribution >= 0.6 is 0 Å². The summed E-state index contributed by atoms with van der Waals surface area (Å²) in [4.78, 5) is 11.1. The molecule has 1 fully saturated rings. The lowest BCUT2D eigenvalue weighted by Crippen LogP contribution is -2.44. The molecule has 1 aliphatic rings. The number of halogens is 3. The van der Waals surface area contributed by atoms with Gasteiger partial charge >= 0.3 is 6.18 Å². The molecule has 2 aromatic heterocycles. The van der Waals surface area contributed by atoms with E-state index in [0.717, 1.165) is 18.2 Å². The molecule has 3 aromatic rings. The van der Waals surface area contributed by atoms with Crippen molar-refractivity contribution in [3.63, 3.8) is 0 Å². The number of rotatable bonds is 4. The lowest BCUT2D eigenvalue weighted by molar-refractivity contribution is -0.137. The summed E-state index contributed by atoms with van der Waals surface area (Å²) in [5.74, 6) is 0. The summed E-state index contributed by atoms with van der Waals surface area (Å²) in [5.41, 5.74) is 0.977. The van der Waals surface area contributed by atoms with Crippen molar-refractivity contribution in [3.05, 3.63) is 53.9 Å². The Balaban J connectivity index is 1.51. The van der Waals surface area contributed by atoms with Crippen molar-refractivity contribution < 1.29 is 21.6 Å². The quantitative estimate of drug-likeness (QED) is 0.654. The third-order valence-corrected chi connectivity index (χ3v) is 6.22. The summed E-state index contributed by atoms with van der Waals surface area (Å²) >= 11 is 0. The molecule has 0 saturated heterocycles. The zero-order chi connectivity index (χ0) is 21.5. The van der Waals surface area contributed by atoms with E-state index in [2.05, 4.69) is 19.7 Å². The van der Waals surface area contributed by atoms with Gasteiger partial charge in [0.05, 0.1) is 21.7 Å². The molecule has 154 valence electrons. The lowest BCUT2D eigenvalue weighted by Gasteiger charge is -2.28. The molecule has 0 radical (unpaired) electrons. The molecular weight excluding hydrogens is 419 g/mol. The fourth-order valence-corrected chi connectivity index (χ4v) is 4.45. The molecule has 2 heterocycles. The van der Waals surface area contributed by atoms with Gasteiger partial charge in [0.1, 0.15) is 11.7 Å². The topological polar surface area (TPSA) is 111 Å². The van der Waals surface area contributed by atoms with Gasteiger partial charge in [0.25, 0.3) is 0 Å². The third-order valence-electron chi connectivity index (χ3n) is 4.71. The first-order valence-corrected chi connectivity index (χ1v) is 10.3. The van der Waals surface area contributed by atoms with Gasteiger partial charge in [-0.3, -0.25) is 4.99 Å². The molecule has 1 aliphatic carbocycles. The number of nitriles is 1. The summed E-state index contributed by atoms with van der Waals surface area (Å²) in [6.07, 6.45) is -0.969. The minimum absolute atomic E-state index is 0.289. The molecule has 7 nitrogen and oxygen atoms in total. The number of benzene rings is 1. The molecule has 30 heavy (non-hydrogen) atoms. The molecule has 0 atom stereocenters. The Morgan fingerprint density at radius 2 is 2.03 bits per heavy atom. The number of hydrogen-bond donors (Lipinski definition) is 2. The first kappa shape index (κ1) is 20.1. The monoisotopic (exact) mass is 433 g/mol. The average Bonchev–Trinajstić information content (AvgIpc) is 3.15. The standard InChI is InChI=1S/C19H14F3N5O2S/c20-19(21,22)12-2-1-3-15(6-12)30(28,29)27-14-7-13(8-14)26-17-11(9-23)10-25-18-16(17)4-5-24-18/h1-6,10,14,27H,7-8H2,(H,24,25). The van der Waals surface area contributed by atoms with Crippen molar-refractivity contribution in [2.24, 2.45) is 4.99 Å². The van der Waals surface area contributed by atoms with Crippen molar-refractivity contribution >= 4 is 32.5 Å². The van der Waals surface area contributed by atoms with E-state index in [-0.39, 0.29) is 12.8 Å². The Hall–Kier alpha value is -3.23. The molecule has 4 rings (SSSR count). The van der Waals surface area contributed by atoms with Gasteiger partial charge in [-0.1, -0.05) is 6.07 Å². The number of fused-ring (bicyclic) bond motifs is 1. The van der Waals surface area contributed by atoms with Crippen molar-refractivity contribution in [3.8, 4) is 6.07 Å². The Kier molecular flexibility index (Phi) is 4.83. The Bertz CT molecular complexity index is 1300. The number of sulfonamides is 1. The smallest absolute Gasteiger partial charge is 0.346 e. The van der Waals surface area contributed by atoms with Crippen LogP contribution in [0.4, 0.5) is 18.9 Å². The highest BCUT2D eigenvalue weighted by atomic mass is 32.2. The summed E-state index contributed by atoms with van der Waals surface area (Å²) in [7, 11) is -4.11. The summed E-state index contributed by atoms with van der Waals surface area (Å²) in [6.45, 7) is 0. The second-order valence-corrected chi connectivity index (χ2v) is 8.52. The van der Waals surface area contributed by atoms with E-state index in [0.29, 0.717) is 34.1 Å². The zero-order valence-corrected chi connectivity index (χ0v) is 16.0.